The number of rotatable bonds is 2. The summed E-state index contributed by atoms with van der Waals surface area (Å²) in [5, 5.41) is 0. The van der Waals surface area contributed by atoms with E-state index in [0.717, 1.165) is 6.54 Å². The Kier molecular flexibility index (Phi) is 13.5. The molecule has 1 aromatic carbocycles. The van der Waals surface area contributed by atoms with E-state index in [1.807, 2.05) is 85.5 Å². The maximum absolute atomic E-state index is 8.64. The summed E-state index contributed by atoms with van der Waals surface area (Å²) in [5.74, 6) is 0. The van der Waals surface area contributed by atoms with Crippen LogP contribution in [0.15, 0.2) is 122 Å². The van der Waals surface area contributed by atoms with Crippen LogP contribution in [-0.2, 0) is 9.56 Å². The fraction of sp³-hybridized carbons (Fsp3) is 0.0455. The van der Waals surface area contributed by atoms with Crippen LogP contribution in [0, 0.1) is 0 Å². The second-order valence-corrected chi connectivity index (χ2v) is 8.19. The molecule has 0 aliphatic rings. The van der Waals surface area contributed by atoms with Crippen LogP contribution >= 0.6 is 0 Å². The van der Waals surface area contributed by atoms with Gasteiger partial charge in [0.15, 0.2) is 43.7 Å². The van der Waals surface area contributed by atoms with Crippen molar-refractivity contribution in [2.24, 2.45) is 0 Å². The number of pyridine rings is 3. The van der Waals surface area contributed by atoms with Crippen LogP contribution in [0.25, 0.3) is 0 Å². The summed E-state index contributed by atoms with van der Waals surface area (Å²) >= 11 is -6.10. The van der Waals surface area contributed by atoms with Gasteiger partial charge >= 0.3 is 33.2 Å². The van der Waals surface area contributed by atoms with Gasteiger partial charge in [-0.2, -0.15) is 0 Å². The van der Waals surface area contributed by atoms with Gasteiger partial charge in [0.1, 0.15) is 0 Å². The Labute approximate surface area is 181 Å². The zero-order chi connectivity index (χ0) is 21.9. The molecule has 4 aromatic rings. The van der Waals surface area contributed by atoms with Crippen LogP contribution in [0.1, 0.15) is 5.56 Å². The number of nitrogens with zero attached hydrogens (tertiary/aromatic N) is 1. The van der Waals surface area contributed by atoms with E-state index in [1.165, 1.54) is 5.56 Å². The molecular weight excluding hydrogens is 492 g/mol. The maximum Gasteiger partial charge on any atom is 0.173 e. The Balaban J connectivity index is 0.000000223. The SMILES string of the molecule is [O]=[Sb]([O-])([O-])[O-].c1cc[nH+]cc1.c1cc[nH+]cc1.c1ccc(C[n+]2ccccc2)cc1. The van der Waals surface area contributed by atoms with Crippen molar-refractivity contribution in [1.82, 2.24) is 0 Å². The first-order valence-electron chi connectivity index (χ1n) is 8.98. The van der Waals surface area contributed by atoms with E-state index in [4.69, 9.17) is 13.2 Å². The zero-order valence-electron chi connectivity index (χ0n) is 16.3. The number of hydrogen-bond donors (Lipinski definition) is 0. The normalized spacial score (nSPS) is 9.43. The van der Waals surface area contributed by atoms with E-state index in [-0.39, 0.29) is 0 Å². The number of hydrogen-bond acceptors (Lipinski definition) is 4. The van der Waals surface area contributed by atoms with E-state index in [1.54, 1.807) is 0 Å². The third-order valence-electron chi connectivity index (χ3n) is 3.20. The summed E-state index contributed by atoms with van der Waals surface area (Å²) in [7, 11) is 0. The summed E-state index contributed by atoms with van der Waals surface area (Å²) in [6.45, 7) is 0.946. The molecule has 4 rings (SSSR count). The van der Waals surface area contributed by atoms with Crippen LogP contribution in [-0.4, -0.2) is 20.1 Å². The molecule has 2 N–H and O–H groups in total. The second kappa shape index (κ2) is 16.0. The van der Waals surface area contributed by atoms with Crippen LogP contribution in [0.5, 0.6) is 0 Å². The predicted molar refractivity (Wildman–Crippen MR) is 105 cm³/mol. The largest absolute Gasteiger partial charge is 0.218 e. The molecule has 0 bridgehead atoms. The van der Waals surface area contributed by atoms with E-state index in [9.17, 15) is 0 Å². The molecule has 0 spiro atoms. The molecule has 0 aliphatic heterocycles. The average Bonchev–Trinajstić information content (AvgIpc) is 2.77. The Morgan fingerprint density at radius 1 is 0.633 bits per heavy atom. The molecule has 0 amide bonds. The minimum atomic E-state index is -6.10. The van der Waals surface area contributed by atoms with Gasteiger partial charge in [-0.15, -0.1) is 0 Å². The van der Waals surface area contributed by atoms with E-state index < -0.39 is 20.1 Å². The molecule has 30 heavy (non-hydrogen) atoms. The molecule has 3 aromatic heterocycles. The molecule has 0 atom stereocenters. The van der Waals surface area contributed by atoms with Crippen molar-refractivity contribution >= 4 is 20.1 Å². The second-order valence-electron chi connectivity index (χ2n) is 5.64. The molecule has 0 unspecified atom stereocenters. The van der Waals surface area contributed by atoms with Gasteiger partial charge in [-0.25, -0.2) is 14.5 Å². The molecule has 0 fully saturated rings. The van der Waals surface area contributed by atoms with Gasteiger partial charge in [0.05, 0.1) is 0 Å². The summed E-state index contributed by atoms with van der Waals surface area (Å²) in [6, 6.07) is 28.3. The van der Waals surface area contributed by atoms with E-state index in [0.29, 0.717) is 0 Å². The van der Waals surface area contributed by atoms with Gasteiger partial charge in [-0.1, -0.05) is 48.5 Å². The Morgan fingerprint density at radius 3 is 1.33 bits per heavy atom. The van der Waals surface area contributed by atoms with Gasteiger partial charge in [-0.05, 0) is 0 Å². The smallest absolute Gasteiger partial charge is 0.173 e. The van der Waals surface area contributed by atoms with E-state index in [2.05, 4.69) is 51.2 Å². The molecule has 0 saturated heterocycles. The zero-order valence-corrected chi connectivity index (χ0v) is 18.8. The summed E-state index contributed by atoms with van der Waals surface area (Å²) in [4.78, 5) is 5.78. The van der Waals surface area contributed by atoms with Crippen molar-refractivity contribution in [3.8, 4) is 0 Å². The first kappa shape index (κ1) is 25.2. The molecule has 8 heteroatoms. The molecule has 0 aliphatic carbocycles. The molecule has 3 heterocycles. The van der Waals surface area contributed by atoms with Gasteiger partial charge in [-0.3, -0.25) is 0 Å². The first-order chi connectivity index (χ1) is 14.4. The van der Waals surface area contributed by atoms with Crippen molar-refractivity contribution < 1.29 is 27.7 Å². The van der Waals surface area contributed by atoms with Crippen molar-refractivity contribution in [2.45, 2.75) is 6.54 Å². The van der Waals surface area contributed by atoms with Crippen LogP contribution in [0.4, 0.5) is 0 Å². The monoisotopic (exact) mass is 515 g/mol. The Bertz CT molecular complexity index is 795. The Hall–Kier alpha value is -2.83. The van der Waals surface area contributed by atoms with Gasteiger partial charge in [0.25, 0.3) is 0 Å². The van der Waals surface area contributed by atoms with Crippen molar-refractivity contribution in [1.29, 1.82) is 0 Å². The van der Waals surface area contributed by atoms with E-state index >= 15 is 0 Å². The molecular formula is C22H24N3O4Sb. The number of aromatic nitrogens is 3. The third kappa shape index (κ3) is 17.3. The fourth-order valence-corrected chi connectivity index (χ4v) is 2.02. The number of H-pyrrole nitrogens is 2. The Morgan fingerprint density at radius 2 is 1.00 bits per heavy atom. The third-order valence-corrected chi connectivity index (χ3v) is 3.20. The quantitative estimate of drug-likeness (QED) is 0.250. The molecule has 7 nitrogen and oxygen atoms in total. The molecule has 0 radical (unpaired) electrons. The van der Waals surface area contributed by atoms with Crippen LogP contribution < -0.4 is 24.7 Å². The molecule has 156 valence electrons. The topological polar surface area (TPSA) is 118 Å². The minimum absolute atomic E-state index is 0.946. The minimum Gasteiger partial charge on any atom is -0.218 e. The summed E-state index contributed by atoms with van der Waals surface area (Å²) in [5.41, 5.74) is 1.33. The summed E-state index contributed by atoms with van der Waals surface area (Å²) in [6.07, 6.45) is 11.7. The van der Waals surface area contributed by atoms with Crippen molar-refractivity contribution in [3.63, 3.8) is 0 Å². The van der Waals surface area contributed by atoms with Crippen LogP contribution in [0.2, 0.25) is 0 Å². The number of benzene rings is 1. The van der Waals surface area contributed by atoms with Crippen molar-refractivity contribution in [2.75, 3.05) is 0 Å². The average molecular weight is 516 g/mol. The van der Waals surface area contributed by atoms with Gasteiger partial charge in [0.2, 0.25) is 0 Å². The van der Waals surface area contributed by atoms with Gasteiger partial charge in [0, 0.05) is 42.0 Å². The van der Waals surface area contributed by atoms with Crippen molar-refractivity contribution in [3.05, 3.63) is 128 Å². The van der Waals surface area contributed by atoms with Gasteiger partial charge < -0.3 is 0 Å². The number of nitrogens with one attached hydrogen (secondary N) is 2. The summed E-state index contributed by atoms with van der Waals surface area (Å²) < 4.78 is 36.7. The predicted octanol–water partition coefficient (Wildman–Crippen LogP) is -1.04. The maximum atomic E-state index is 8.64. The van der Waals surface area contributed by atoms with Crippen LogP contribution in [0.3, 0.4) is 0 Å². The first-order valence-corrected chi connectivity index (χ1v) is 13.2. The number of aromatic amines is 2. The molecule has 0 saturated carbocycles. The standard InChI is InChI=1S/C12H12N.2C5H5N.4O.Sb/c1-3-7-12(8-4-1)11-13-9-5-2-6-10-13;2*1-2-4-6-5-3-1;;;;;/h1-10H,11H2;2*1-5H;;;;;/q+1;;;;3*-1;/p+2. The fourth-order valence-electron chi connectivity index (χ4n) is 2.02.